The summed E-state index contributed by atoms with van der Waals surface area (Å²) in [6.45, 7) is 2.25. The number of unbranched alkanes of at least 4 members (excludes halogenated alkanes) is 3. The van der Waals surface area contributed by atoms with Gasteiger partial charge in [-0.25, -0.2) is 0 Å². The molecule has 1 heterocycles. The molecule has 0 spiro atoms. The van der Waals surface area contributed by atoms with Crippen molar-refractivity contribution in [2.75, 3.05) is 0 Å². The summed E-state index contributed by atoms with van der Waals surface area (Å²) >= 11 is 1.80. The van der Waals surface area contributed by atoms with E-state index in [1.54, 1.807) is 11.3 Å². The third-order valence-corrected chi connectivity index (χ3v) is 2.63. The molecule has 0 N–H and O–H groups in total. The summed E-state index contributed by atoms with van der Waals surface area (Å²) in [5.74, 6) is 0. The zero-order valence-electron chi connectivity index (χ0n) is 7.58. The van der Waals surface area contributed by atoms with E-state index in [1.807, 2.05) is 0 Å². The van der Waals surface area contributed by atoms with Crippen LogP contribution in [0.4, 0.5) is 0 Å². The van der Waals surface area contributed by atoms with Gasteiger partial charge < -0.3 is 0 Å². The van der Waals surface area contributed by atoms with Gasteiger partial charge >= 0.3 is 0 Å². The van der Waals surface area contributed by atoms with Crippen LogP contribution in [0.3, 0.4) is 0 Å². The third-order valence-electron chi connectivity index (χ3n) is 1.90. The van der Waals surface area contributed by atoms with Crippen LogP contribution in [0, 0.1) is 0 Å². The fourth-order valence-electron chi connectivity index (χ4n) is 1.19. The Morgan fingerprint density at radius 2 is 2.08 bits per heavy atom. The molecule has 0 aromatic carbocycles. The van der Waals surface area contributed by atoms with Crippen LogP contribution in [0.5, 0.6) is 0 Å². The zero-order chi connectivity index (χ0) is 7.94. The Morgan fingerprint density at radius 1 is 1.25 bits per heavy atom. The molecule has 0 aliphatic carbocycles. The Bertz CT molecular complexity index is 170. The first-order chi connectivity index (χ1) is 5.43. The summed E-state index contributed by atoms with van der Waals surface area (Å²) in [5.41, 5.74) is 1.52. The fraction of sp³-hybridized carbons (Fsp3) is 0.600. The smallest absolute Gasteiger partial charge is 0 e. The molecule has 0 saturated heterocycles. The maximum absolute atomic E-state index is 2.26. The van der Waals surface area contributed by atoms with Gasteiger partial charge in [-0.1, -0.05) is 26.2 Å². The van der Waals surface area contributed by atoms with E-state index in [-0.39, 0.29) is 21.1 Å². The summed E-state index contributed by atoms with van der Waals surface area (Å²) < 4.78 is 0. The van der Waals surface area contributed by atoms with Gasteiger partial charge in [0.15, 0.2) is 0 Å². The van der Waals surface area contributed by atoms with Gasteiger partial charge in [-0.3, -0.25) is 0 Å². The van der Waals surface area contributed by atoms with E-state index >= 15 is 0 Å². The molecule has 1 aromatic heterocycles. The molecule has 12 heavy (non-hydrogen) atoms. The monoisotopic (exact) mass is 266 g/mol. The van der Waals surface area contributed by atoms with E-state index in [0.717, 1.165) is 0 Å². The fourth-order valence-corrected chi connectivity index (χ4v) is 1.89. The van der Waals surface area contributed by atoms with Gasteiger partial charge in [0.25, 0.3) is 0 Å². The maximum Gasteiger partial charge on any atom is 0 e. The van der Waals surface area contributed by atoms with Gasteiger partial charge in [0.05, 0.1) is 0 Å². The average molecular weight is 264 g/mol. The number of hydrogen-bond acceptors (Lipinski definition) is 1. The number of thiophene rings is 1. The molecule has 68 valence electrons. The third kappa shape index (κ3) is 5.11. The summed E-state index contributed by atoms with van der Waals surface area (Å²) in [7, 11) is 0. The second-order valence-electron chi connectivity index (χ2n) is 2.94. The van der Waals surface area contributed by atoms with Crippen molar-refractivity contribution in [2.45, 2.75) is 39.0 Å². The van der Waals surface area contributed by atoms with Crippen molar-refractivity contribution in [1.82, 2.24) is 0 Å². The second kappa shape index (κ2) is 8.01. The van der Waals surface area contributed by atoms with Crippen LogP contribution < -0.4 is 0 Å². The van der Waals surface area contributed by atoms with Crippen LogP contribution in [0.1, 0.15) is 38.2 Å². The zero-order valence-corrected chi connectivity index (χ0v) is 10.4. The van der Waals surface area contributed by atoms with E-state index in [2.05, 4.69) is 23.8 Å². The van der Waals surface area contributed by atoms with Crippen LogP contribution in [0.25, 0.3) is 0 Å². The topological polar surface area (TPSA) is 0 Å². The minimum atomic E-state index is 0. The van der Waals surface area contributed by atoms with Gasteiger partial charge in [-0.05, 0) is 35.2 Å². The van der Waals surface area contributed by atoms with Crippen molar-refractivity contribution in [2.24, 2.45) is 0 Å². The average Bonchev–Trinajstić information content (AvgIpc) is 2.50. The number of hydrogen-bond donors (Lipinski definition) is 0. The Labute approximate surface area is 93.6 Å². The van der Waals surface area contributed by atoms with E-state index in [9.17, 15) is 0 Å². The molecule has 0 aliphatic rings. The molecular weight excluding hydrogens is 248 g/mol. The molecule has 0 nitrogen and oxygen atoms in total. The molecule has 0 radical (unpaired) electrons. The standard InChI is InChI=1S/C10H16S.Mo/c1-2-3-4-5-6-10-7-8-11-9-10;/h7-9H,2-6H2,1H3;. The molecule has 0 fully saturated rings. The van der Waals surface area contributed by atoms with E-state index < -0.39 is 0 Å². The molecule has 1 rings (SSSR count). The van der Waals surface area contributed by atoms with Crippen molar-refractivity contribution in [3.63, 3.8) is 0 Å². The summed E-state index contributed by atoms with van der Waals surface area (Å²) in [6, 6.07) is 2.23. The summed E-state index contributed by atoms with van der Waals surface area (Å²) in [6.07, 6.45) is 6.77. The van der Waals surface area contributed by atoms with Crippen molar-refractivity contribution >= 4 is 11.3 Å². The summed E-state index contributed by atoms with van der Waals surface area (Å²) in [4.78, 5) is 0. The predicted octanol–water partition coefficient (Wildman–Crippen LogP) is 3.87. The number of rotatable bonds is 5. The molecular formula is C10H16MoS. The minimum absolute atomic E-state index is 0. The largest absolute Gasteiger partial charge is 0.152 e. The molecule has 0 aliphatic heterocycles. The van der Waals surface area contributed by atoms with Crippen LogP contribution in [-0.2, 0) is 27.5 Å². The van der Waals surface area contributed by atoms with Crippen molar-refractivity contribution in [3.05, 3.63) is 22.4 Å². The second-order valence-corrected chi connectivity index (χ2v) is 3.72. The molecule has 1 aromatic rings. The van der Waals surface area contributed by atoms with Gasteiger partial charge in [-0.15, -0.1) is 0 Å². The van der Waals surface area contributed by atoms with Crippen molar-refractivity contribution in [1.29, 1.82) is 0 Å². The molecule has 0 bridgehead atoms. The quantitative estimate of drug-likeness (QED) is 0.559. The molecule has 0 saturated carbocycles. The minimum Gasteiger partial charge on any atom is -0.152 e. The summed E-state index contributed by atoms with van der Waals surface area (Å²) in [5, 5.41) is 4.42. The first-order valence-electron chi connectivity index (χ1n) is 4.44. The van der Waals surface area contributed by atoms with Crippen LogP contribution >= 0.6 is 11.3 Å². The first kappa shape index (κ1) is 12.4. The maximum atomic E-state index is 2.26. The van der Waals surface area contributed by atoms with Crippen LogP contribution in [-0.4, -0.2) is 0 Å². The van der Waals surface area contributed by atoms with Crippen molar-refractivity contribution < 1.29 is 21.1 Å². The van der Waals surface area contributed by atoms with Crippen LogP contribution in [0.15, 0.2) is 16.8 Å². The van der Waals surface area contributed by atoms with Crippen molar-refractivity contribution in [3.8, 4) is 0 Å². The van der Waals surface area contributed by atoms with E-state index in [4.69, 9.17) is 0 Å². The molecule has 0 amide bonds. The van der Waals surface area contributed by atoms with Gasteiger partial charge in [0.1, 0.15) is 0 Å². The molecule has 2 heteroatoms. The molecule has 0 atom stereocenters. The predicted molar refractivity (Wildman–Crippen MR) is 52.2 cm³/mol. The SMILES string of the molecule is CCCCCCc1ccsc1.[Mo]. The first-order valence-corrected chi connectivity index (χ1v) is 5.39. The Morgan fingerprint density at radius 3 is 2.67 bits per heavy atom. The Hall–Kier alpha value is 0.388. The number of aryl methyl sites for hydroxylation is 1. The molecule has 0 unspecified atom stereocenters. The van der Waals surface area contributed by atoms with E-state index in [0.29, 0.717) is 0 Å². The van der Waals surface area contributed by atoms with Gasteiger partial charge in [0.2, 0.25) is 0 Å². The van der Waals surface area contributed by atoms with E-state index in [1.165, 1.54) is 37.7 Å². The van der Waals surface area contributed by atoms with Gasteiger partial charge in [0, 0.05) is 21.1 Å². The Kier molecular flexibility index (Phi) is 8.27. The van der Waals surface area contributed by atoms with Gasteiger partial charge in [-0.2, -0.15) is 11.3 Å². The normalized spacial score (nSPS) is 9.42. The van der Waals surface area contributed by atoms with Crippen LogP contribution in [0.2, 0.25) is 0 Å². The Balaban J connectivity index is 0.00000121.